The fourth-order valence-electron chi connectivity index (χ4n) is 2.38. The minimum atomic E-state index is -1.10. The van der Waals surface area contributed by atoms with Crippen molar-refractivity contribution in [1.82, 2.24) is 0 Å². The zero-order valence-electron chi connectivity index (χ0n) is 13.1. The highest BCUT2D eigenvalue weighted by Gasteiger charge is 2.36. The van der Waals surface area contributed by atoms with Gasteiger partial charge in [-0.1, -0.05) is 18.2 Å². The lowest BCUT2D eigenvalue weighted by molar-refractivity contribution is -0.113. The Labute approximate surface area is 147 Å². The fraction of sp³-hybridized carbons (Fsp3) is 0.0556. The Morgan fingerprint density at radius 2 is 1.80 bits per heavy atom. The van der Waals surface area contributed by atoms with E-state index in [1.165, 1.54) is 19.3 Å². The number of rotatable bonds is 4. The molecule has 0 radical (unpaired) electrons. The van der Waals surface area contributed by atoms with E-state index >= 15 is 0 Å². The van der Waals surface area contributed by atoms with Crippen LogP contribution in [0.25, 0.3) is 6.08 Å². The van der Waals surface area contributed by atoms with Crippen molar-refractivity contribution in [3.8, 4) is 5.75 Å². The van der Waals surface area contributed by atoms with E-state index in [1.807, 2.05) is 0 Å². The van der Waals surface area contributed by atoms with E-state index in [0.29, 0.717) is 17.0 Å². The molecule has 0 atom stereocenters. The summed E-state index contributed by atoms with van der Waals surface area (Å²) in [4.78, 5) is 37.3. The van der Waals surface area contributed by atoms with Crippen LogP contribution in [0.1, 0.15) is 15.9 Å². The van der Waals surface area contributed by atoms with Gasteiger partial charge < -0.3 is 9.84 Å². The van der Waals surface area contributed by atoms with Crippen molar-refractivity contribution >= 4 is 40.6 Å². The molecular formula is C18H13NO5S. The molecule has 126 valence electrons. The van der Waals surface area contributed by atoms with Gasteiger partial charge in [0.1, 0.15) is 5.75 Å². The second-order valence-electron chi connectivity index (χ2n) is 5.11. The Kier molecular flexibility index (Phi) is 4.58. The van der Waals surface area contributed by atoms with Crippen LogP contribution in [0.3, 0.4) is 0 Å². The number of imide groups is 1. The van der Waals surface area contributed by atoms with Gasteiger partial charge in [-0.25, -0.2) is 9.69 Å². The van der Waals surface area contributed by atoms with Crippen LogP contribution in [0.15, 0.2) is 53.4 Å². The fourth-order valence-corrected chi connectivity index (χ4v) is 3.21. The number of amides is 2. The van der Waals surface area contributed by atoms with E-state index in [-0.39, 0.29) is 10.5 Å². The number of aromatic carboxylic acids is 1. The molecule has 1 aliphatic heterocycles. The second-order valence-corrected chi connectivity index (χ2v) is 6.10. The van der Waals surface area contributed by atoms with E-state index in [4.69, 9.17) is 4.74 Å². The molecule has 1 heterocycles. The van der Waals surface area contributed by atoms with Crippen molar-refractivity contribution in [3.05, 3.63) is 64.6 Å². The maximum absolute atomic E-state index is 12.6. The van der Waals surface area contributed by atoms with Crippen LogP contribution in [0, 0.1) is 0 Å². The van der Waals surface area contributed by atoms with Gasteiger partial charge in [0.2, 0.25) is 0 Å². The molecule has 0 aliphatic carbocycles. The summed E-state index contributed by atoms with van der Waals surface area (Å²) in [5.74, 6) is -0.969. The molecule has 1 N–H and O–H groups in total. The number of benzene rings is 2. The molecule has 2 aromatic carbocycles. The summed E-state index contributed by atoms with van der Waals surface area (Å²) in [6.07, 6.45) is 1.43. The normalized spacial score (nSPS) is 15.7. The van der Waals surface area contributed by atoms with E-state index in [0.717, 1.165) is 16.7 Å². The first-order valence-corrected chi connectivity index (χ1v) is 8.07. The predicted octanol–water partition coefficient (Wildman–Crippen LogP) is 3.63. The van der Waals surface area contributed by atoms with E-state index in [2.05, 4.69) is 0 Å². The third kappa shape index (κ3) is 3.27. The third-order valence-electron chi connectivity index (χ3n) is 3.60. The van der Waals surface area contributed by atoms with Crippen LogP contribution in [-0.2, 0) is 4.79 Å². The smallest absolute Gasteiger partial charge is 0.336 e. The monoisotopic (exact) mass is 355 g/mol. The summed E-state index contributed by atoms with van der Waals surface area (Å²) < 4.78 is 5.06. The average Bonchev–Trinajstić information content (AvgIpc) is 2.89. The Bertz CT molecular complexity index is 889. The van der Waals surface area contributed by atoms with Crippen LogP contribution >= 0.6 is 11.8 Å². The van der Waals surface area contributed by atoms with Crippen LogP contribution in [0.2, 0.25) is 0 Å². The minimum absolute atomic E-state index is 0.0683. The molecule has 0 saturated carbocycles. The molecule has 6 nitrogen and oxygen atoms in total. The predicted molar refractivity (Wildman–Crippen MR) is 94.8 cm³/mol. The van der Waals surface area contributed by atoms with Gasteiger partial charge in [-0.15, -0.1) is 0 Å². The topological polar surface area (TPSA) is 83.9 Å². The van der Waals surface area contributed by atoms with Gasteiger partial charge >= 0.3 is 5.97 Å². The molecule has 7 heteroatoms. The molecule has 2 amide bonds. The maximum Gasteiger partial charge on any atom is 0.336 e. The number of carbonyl (C=O) groups excluding carboxylic acids is 2. The molecular weight excluding hydrogens is 342 g/mol. The first kappa shape index (κ1) is 16.8. The number of hydrogen-bond donors (Lipinski definition) is 1. The molecule has 1 saturated heterocycles. The number of anilines is 1. The number of carboxylic acid groups (broad SMARTS) is 1. The minimum Gasteiger partial charge on any atom is -0.497 e. The first-order chi connectivity index (χ1) is 12.0. The summed E-state index contributed by atoms with van der Waals surface area (Å²) >= 11 is 0.776. The highest BCUT2D eigenvalue weighted by molar-refractivity contribution is 8.19. The van der Waals surface area contributed by atoms with E-state index in [9.17, 15) is 19.5 Å². The summed E-state index contributed by atoms with van der Waals surface area (Å²) in [5.41, 5.74) is 0.868. The zero-order chi connectivity index (χ0) is 18.0. The quantitative estimate of drug-likeness (QED) is 0.843. The van der Waals surface area contributed by atoms with Crippen LogP contribution in [0.5, 0.6) is 5.75 Å². The van der Waals surface area contributed by atoms with Gasteiger partial charge in [0.15, 0.2) is 0 Å². The van der Waals surface area contributed by atoms with Crippen LogP contribution < -0.4 is 9.64 Å². The number of thioether (sulfide) groups is 1. The largest absolute Gasteiger partial charge is 0.497 e. The van der Waals surface area contributed by atoms with Gasteiger partial charge in [-0.2, -0.15) is 0 Å². The molecule has 0 bridgehead atoms. The lowest BCUT2D eigenvalue weighted by Gasteiger charge is -2.12. The molecule has 1 fully saturated rings. The second kappa shape index (κ2) is 6.82. The van der Waals surface area contributed by atoms with Gasteiger partial charge in [0.25, 0.3) is 11.1 Å². The van der Waals surface area contributed by atoms with Crippen molar-refractivity contribution in [2.75, 3.05) is 12.0 Å². The third-order valence-corrected chi connectivity index (χ3v) is 4.47. The Morgan fingerprint density at radius 1 is 1.12 bits per heavy atom. The van der Waals surface area contributed by atoms with E-state index in [1.54, 1.807) is 42.5 Å². The van der Waals surface area contributed by atoms with Crippen molar-refractivity contribution in [2.45, 2.75) is 0 Å². The number of nitrogens with zero attached hydrogens (tertiary/aromatic N) is 1. The van der Waals surface area contributed by atoms with Crippen molar-refractivity contribution in [1.29, 1.82) is 0 Å². The standard InChI is InChI=1S/C18H13NO5S/c1-24-13-8-6-12(7-9-13)19-16(20)15(25-18(19)23)10-11-4-2-3-5-14(11)17(21)22/h2-10H,1H3,(H,21,22)/b15-10+. The van der Waals surface area contributed by atoms with Gasteiger partial charge in [-0.3, -0.25) is 9.59 Å². The SMILES string of the molecule is COc1ccc(N2C(=O)S/C(=C/c3ccccc3C(=O)O)C2=O)cc1. The first-order valence-electron chi connectivity index (χ1n) is 7.25. The van der Waals surface area contributed by atoms with Crippen LogP contribution in [-0.4, -0.2) is 29.3 Å². The molecule has 3 rings (SSSR count). The number of hydrogen-bond acceptors (Lipinski definition) is 5. The Hall–Kier alpha value is -3.06. The lowest BCUT2D eigenvalue weighted by atomic mass is 10.1. The molecule has 0 aromatic heterocycles. The number of carbonyl (C=O) groups is 3. The number of ether oxygens (including phenoxy) is 1. The summed E-state index contributed by atoms with van der Waals surface area (Å²) in [5, 5.41) is 8.79. The molecule has 2 aromatic rings. The summed E-state index contributed by atoms with van der Waals surface area (Å²) in [6, 6.07) is 12.8. The van der Waals surface area contributed by atoms with Gasteiger partial charge in [0, 0.05) is 0 Å². The maximum atomic E-state index is 12.6. The summed E-state index contributed by atoms with van der Waals surface area (Å²) in [7, 11) is 1.53. The van der Waals surface area contributed by atoms with Crippen molar-refractivity contribution < 1.29 is 24.2 Å². The number of methoxy groups -OCH3 is 1. The molecule has 0 unspecified atom stereocenters. The summed E-state index contributed by atoms with van der Waals surface area (Å²) in [6.45, 7) is 0. The molecule has 25 heavy (non-hydrogen) atoms. The number of carboxylic acids is 1. The Morgan fingerprint density at radius 3 is 2.44 bits per heavy atom. The van der Waals surface area contributed by atoms with Crippen LogP contribution in [0.4, 0.5) is 10.5 Å². The Balaban J connectivity index is 1.94. The van der Waals surface area contributed by atoms with Crippen molar-refractivity contribution in [2.24, 2.45) is 0 Å². The highest BCUT2D eigenvalue weighted by Crippen LogP contribution is 2.36. The van der Waals surface area contributed by atoms with Gasteiger partial charge in [0.05, 0.1) is 23.3 Å². The molecule has 1 aliphatic rings. The van der Waals surface area contributed by atoms with Gasteiger partial charge in [-0.05, 0) is 53.7 Å². The molecule has 0 spiro atoms. The lowest BCUT2D eigenvalue weighted by Crippen LogP contribution is -2.27. The zero-order valence-corrected chi connectivity index (χ0v) is 13.9. The highest BCUT2D eigenvalue weighted by atomic mass is 32.2. The van der Waals surface area contributed by atoms with E-state index < -0.39 is 17.1 Å². The van der Waals surface area contributed by atoms with Crippen molar-refractivity contribution in [3.63, 3.8) is 0 Å². The average molecular weight is 355 g/mol.